The first-order valence-corrected chi connectivity index (χ1v) is 8.47. The maximum Gasteiger partial charge on any atom is 0.237 e. The maximum atomic E-state index is 12.2. The summed E-state index contributed by atoms with van der Waals surface area (Å²) in [6, 6.07) is -0.392. The molecule has 120 valence electrons. The fourth-order valence-electron chi connectivity index (χ4n) is 2.52. The standard InChI is InChI=1S/C14H28N2O2S.ClH/c1-4-14(5-2,19-3)10-16-13(17)12(15)11-6-8-18-9-7-11;/h11-12H,4-10,15H2,1-3H3,(H,16,17);1H. The molecule has 0 aliphatic carbocycles. The van der Waals surface area contributed by atoms with Gasteiger partial charge in [0.2, 0.25) is 5.91 Å². The molecule has 4 nitrogen and oxygen atoms in total. The Morgan fingerprint density at radius 1 is 1.40 bits per heavy atom. The van der Waals surface area contributed by atoms with Crippen LogP contribution in [0.3, 0.4) is 0 Å². The molecule has 6 heteroatoms. The van der Waals surface area contributed by atoms with Gasteiger partial charge in [0.1, 0.15) is 0 Å². The number of halogens is 1. The quantitative estimate of drug-likeness (QED) is 0.753. The Hall–Kier alpha value is 0.0300. The van der Waals surface area contributed by atoms with Gasteiger partial charge >= 0.3 is 0 Å². The van der Waals surface area contributed by atoms with Crippen LogP contribution in [-0.4, -0.2) is 42.7 Å². The van der Waals surface area contributed by atoms with Crippen molar-refractivity contribution < 1.29 is 9.53 Å². The lowest BCUT2D eigenvalue weighted by atomic mass is 9.91. The Bertz CT molecular complexity index is 274. The van der Waals surface area contributed by atoms with Crippen molar-refractivity contribution >= 4 is 30.1 Å². The van der Waals surface area contributed by atoms with Gasteiger partial charge in [-0.2, -0.15) is 11.8 Å². The Morgan fingerprint density at radius 3 is 2.40 bits per heavy atom. The van der Waals surface area contributed by atoms with Crippen molar-refractivity contribution in [3.05, 3.63) is 0 Å². The van der Waals surface area contributed by atoms with Crippen molar-refractivity contribution in [1.82, 2.24) is 5.32 Å². The lowest BCUT2D eigenvalue weighted by molar-refractivity contribution is -0.124. The second kappa shape index (κ2) is 9.87. The average molecular weight is 325 g/mol. The van der Waals surface area contributed by atoms with Gasteiger partial charge < -0.3 is 15.8 Å². The van der Waals surface area contributed by atoms with Gasteiger partial charge in [-0.05, 0) is 37.9 Å². The molecule has 0 aromatic rings. The molecule has 0 bridgehead atoms. The summed E-state index contributed by atoms with van der Waals surface area (Å²) in [7, 11) is 0. The zero-order chi connectivity index (χ0) is 14.3. The molecule has 1 aliphatic heterocycles. The van der Waals surface area contributed by atoms with Gasteiger partial charge in [-0.1, -0.05) is 13.8 Å². The van der Waals surface area contributed by atoms with E-state index >= 15 is 0 Å². The smallest absolute Gasteiger partial charge is 0.237 e. The molecular formula is C14H29ClN2O2S. The van der Waals surface area contributed by atoms with Crippen molar-refractivity contribution in [2.75, 3.05) is 26.0 Å². The summed E-state index contributed by atoms with van der Waals surface area (Å²) in [5.74, 6) is 0.257. The third-order valence-electron chi connectivity index (χ3n) is 4.38. The number of hydrogen-bond donors (Lipinski definition) is 2. The number of carbonyl (C=O) groups excluding carboxylic acids is 1. The molecular weight excluding hydrogens is 296 g/mol. The number of hydrogen-bond acceptors (Lipinski definition) is 4. The van der Waals surface area contributed by atoms with Gasteiger partial charge in [0.05, 0.1) is 6.04 Å². The summed E-state index contributed by atoms with van der Waals surface area (Å²) in [5, 5.41) is 3.05. The summed E-state index contributed by atoms with van der Waals surface area (Å²) in [6.45, 7) is 6.50. The first kappa shape index (κ1) is 20.0. The first-order valence-electron chi connectivity index (χ1n) is 7.24. The van der Waals surface area contributed by atoms with E-state index in [4.69, 9.17) is 10.5 Å². The molecule has 1 aliphatic rings. The van der Waals surface area contributed by atoms with Gasteiger partial charge in [-0.15, -0.1) is 12.4 Å². The molecule has 0 radical (unpaired) electrons. The predicted octanol–water partition coefficient (Wildman–Crippen LogP) is 2.20. The van der Waals surface area contributed by atoms with Crippen LogP contribution in [0.5, 0.6) is 0 Å². The largest absolute Gasteiger partial charge is 0.381 e. The van der Waals surface area contributed by atoms with E-state index in [1.165, 1.54) is 0 Å². The SMILES string of the molecule is CCC(CC)(CNC(=O)C(N)C1CCOCC1)SC.Cl. The van der Waals surface area contributed by atoms with E-state index in [-0.39, 0.29) is 29.0 Å². The Balaban J connectivity index is 0.00000361. The third kappa shape index (κ3) is 5.43. The molecule has 0 aromatic heterocycles. The van der Waals surface area contributed by atoms with Crippen LogP contribution in [0.2, 0.25) is 0 Å². The Kier molecular flexibility index (Phi) is 9.89. The van der Waals surface area contributed by atoms with E-state index in [0.717, 1.165) is 38.9 Å². The minimum Gasteiger partial charge on any atom is -0.381 e. The average Bonchev–Trinajstić information content (AvgIpc) is 2.49. The molecule has 3 N–H and O–H groups in total. The number of thioether (sulfide) groups is 1. The minimum atomic E-state index is -0.392. The summed E-state index contributed by atoms with van der Waals surface area (Å²) < 4.78 is 5.45. The number of nitrogens with two attached hydrogens (primary N) is 1. The van der Waals surface area contributed by atoms with E-state index in [9.17, 15) is 4.79 Å². The molecule has 0 spiro atoms. The van der Waals surface area contributed by atoms with Crippen LogP contribution >= 0.6 is 24.2 Å². The number of ether oxygens (including phenoxy) is 1. The van der Waals surface area contributed by atoms with Crippen LogP contribution < -0.4 is 11.1 Å². The molecule has 1 amide bonds. The summed E-state index contributed by atoms with van der Waals surface area (Å²) in [6.07, 6.45) is 6.00. The second-order valence-corrected chi connectivity index (χ2v) is 6.56. The number of rotatable bonds is 7. The van der Waals surface area contributed by atoms with Crippen LogP contribution in [0.4, 0.5) is 0 Å². The highest BCUT2D eigenvalue weighted by Gasteiger charge is 2.29. The van der Waals surface area contributed by atoms with Crippen LogP contribution in [0.15, 0.2) is 0 Å². The molecule has 1 heterocycles. The monoisotopic (exact) mass is 324 g/mol. The van der Waals surface area contributed by atoms with Gasteiger partial charge in [0.15, 0.2) is 0 Å². The van der Waals surface area contributed by atoms with Crippen molar-refractivity contribution in [3.8, 4) is 0 Å². The van der Waals surface area contributed by atoms with E-state index in [0.29, 0.717) is 6.54 Å². The summed E-state index contributed by atoms with van der Waals surface area (Å²) in [4.78, 5) is 12.2. The summed E-state index contributed by atoms with van der Waals surface area (Å²) in [5.41, 5.74) is 6.07. The van der Waals surface area contributed by atoms with Crippen LogP contribution in [0.1, 0.15) is 39.5 Å². The highest BCUT2D eigenvalue weighted by Crippen LogP contribution is 2.29. The third-order valence-corrected chi connectivity index (χ3v) is 5.97. The molecule has 1 unspecified atom stereocenters. The molecule has 20 heavy (non-hydrogen) atoms. The van der Waals surface area contributed by atoms with Crippen LogP contribution in [-0.2, 0) is 9.53 Å². The van der Waals surface area contributed by atoms with Gasteiger partial charge in [-0.25, -0.2) is 0 Å². The van der Waals surface area contributed by atoms with E-state index in [1.54, 1.807) is 0 Å². The van der Waals surface area contributed by atoms with E-state index in [1.807, 2.05) is 11.8 Å². The molecule has 1 rings (SSSR count). The fourth-order valence-corrected chi connectivity index (χ4v) is 3.31. The lowest BCUT2D eigenvalue weighted by Gasteiger charge is -2.32. The number of carbonyl (C=O) groups is 1. The zero-order valence-corrected chi connectivity index (χ0v) is 14.4. The lowest BCUT2D eigenvalue weighted by Crippen LogP contribution is -2.50. The number of nitrogens with one attached hydrogen (secondary N) is 1. The highest BCUT2D eigenvalue weighted by molar-refractivity contribution is 8.00. The Labute approximate surface area is 133 Å². The molecule has 1 saturated heterocycles. The highest BCUT2D eigenvalue weighted by atomic mass is 35.5. The molecule has 0 saturated carbocycles. The topological polar surface area (TPSA) is 64.4 Å². The molecule has 1 atom stereocenters. The van der Waals surface area contributed by atoms with E-state index in [2.05, 4.69) is 25.4 Å². The van der Waals surface area contributed by atoms with Crippen LogP contribution in [0, 0.1) is 5.92 Å². The van der Waals surface area contributed by atoms with Crippen molar-refractivity contribution in [2.45, 2.75) is 50.3 Å². The maximum absolute atomic E-state index is 12.2. The van der Waals surface area contributed by atoms with Crippen molar-refractivity contribution in [1.29, 1.82) is 0 Å². The zero-order valence-electron chi connectivity index (χ0n) is 12.8. The van der Waals surface area contributed by atoms with Gasteiger partial charge in [0.25, 0.3) is 0 Å². The van der Waals surface area contributed by atoms with Crippen molar-refractivity contribution in [3.63, 3.8) is 0 Å². The minimum absolute atomic E-state index is 0. The molecule has 0 aromatic carbocycles. The van der Waals surface area contributed by atoms with Gasteiger partial charge in [0, 0.05) is 24.5 Å². The van der Waals surface area contributed by atoms with E-state index < -0.39 is 6.04 Å². The Morgan fingerprint density at radius 2 is 1.95 bits per heavy atom. The molecule has 1 fully saturated rings. The summed E-state index contributed by atoms with van der Waals surface area (Å²) >= 11 is 1.83. The normalized spacial score (nSPS) is 18.2. The van der Waals surface area contributed by atoms with Gasteiger partial charge in [-0.3, -0.25) is 4.79 Å². The van der Waals surface area contributed by atoms with Crippen LogP contribution in [0.25, 0.3) is 0 Å². The number of amides is 1. The van der Waals surface area contributed by atoms with Crippen molar-refractivity contribution in [2.24, 2.45) is 11.7 Å². The second-order valence-electron chi connectivity index (χ2n) is 5.29. The fraction of sp³-hybridized carbons (Fsp3) is 0.929. The predicted molar refractivity (Wildman–Crippen MR) is 88.6 cm³/mol. The first-order chi connectivity index (χ1) is 9.08.